The zero-order chi connectivity index (χ0) is 21.0. The summed E-state index contributed by atoms with van der Waals surface area (Å²) >= 11 is 3.09. The molecule has 3 aromatic rings. The van der Waals surface area contributed by atoms with Crippen LogP contribution in [0.15, 0.2) is 66.7 Å². The topological polar surface area (TPSA) is 26.3 Å². The first-order valence-corrected chi connectivity index (χ1v) is 9.69. The van der Waals surface area contributed by atoms with Gasteiger partial charge in [-0.2, -0.15) is 13.2 Å². The van der Waals surface area contributed by atoms with Crippen LogP contribution < -0.4 is 4.74 Å². The third-order valence-corrected chi connectivity index (χ3v) is 4.77. The van der Waals surface area contributed by atoms with Gasteiger partial charge in [0.05, 0.1) is 10.9 Å². The summed E-state index contributed by atoms with van der Waals surface area (Å²) in [5, 5.41) is 0.206. The van der Waals surface area contributed by atoms with E-state index in [1.165, 1.54) is 30.3 Å². The molecular weight excluding hydrogens is 452 g/mol. The minimum absolute atomic E-state index is 0.0121. The lowest BCUT2D eigenvalue weighted by atomic mass is 9.98. The number of carbonyl (C=O) groups is 1. The van der Waals surface area contributed by atoms with Gasteiger partial charge >= 0.3 is 6.18 Å². The molecule has 0 amide bonds. The third kappa shape index (κ3) is 5.03. The summed E-state index contributed by atoms with van der Waals surface area (Å²) < 4.78 is 60.1. The lowest BCUT2D eigenvalue weighted by molar-refractivity contribution is -0.137. The third-order valence-electron chi connectivity index (χ3n) is 4.26. The fourth-order valence-electron chi connectivity index (χ4n) is 2.79. The van der Waals surface area contributed by atoms with Gasteiger partial charge in [-0.1, -0.05) is 58.4 Å². The van der Waals surface area contributed by atoms with Gasteiger partial charge in [-0.25, -0.2) is 4.39 Å². The maximum atomic E-state index is 14.0. The second-order valence-corrected chi connectivity index (χ2v) is 6.79. The largest absolute Gasteiger partial charge is 0.489 e. The summed E-state index contributed by atoms with van der Waals surface area (Å²) in [4.78, 5) is 11.6. The molecule has 0 radical (unpaired) electrons. The minimum Gasteiger partial charge on any atom is -0.489 e. The Morgan fingerprint density at radius 2 is 1.62 bits per heavy atom. The highest BCUT2D eigenvalue weighted by Crippen LogP contribution is 2.40. The monoisotopic (exact) mass is 466 g/mol. The van der Waals surface area contributed by atoms with Gasteiger partial charge in [-0.05, 0) is 35.4 Å². The summed E-state index contributed by atoms with van der Waals surface area (Å²) in [5.41, 5.74) is -0.125. The normalized spacial score (nSPS) is 11.3. The Morgan fingerprint density at radius 1 is 0.931 bits per heavy atom. The Labute approximate surface area is 173 Å². The van der Waals surface area contributed by atoms with Gasteiger partial charge < -0.3 is 4.74 Å². The zero-order valence-corrected chi connectivity index (χ0v) is 16.6. The molecule has 0 heterocycles. The molecular formula is C22H15BrF4O2. The van der Waals surface area contributed by atoms with Crippen LogP contribution in [0.2, 0.25) is 0 Å². The molecule has 0 saturated carbocycles. The summed E-state index contributed by atoms with van der Waals surface area (Å²) in [6, 6.07) is 15.4. The smallest absolute Gasteiger partial charge is 0.417 e. The van der Waals surface area contributed by atoms with Crippen LogP contribution in [0.25, 0.3) is 11.1 Å². The molecule has 150 valence electrons. The Bertz CT molecular complexity index is 1010. The van der Waals surface area contributed by atoms with Crippen molar-refractivity contribution in [2.45, 2.75) is 12.8 Å². The average Bonchev–Trinajstić information content (AvgIpc) is 2.72. The highest BCUT2D eigenvalue weighted by Gasteiger charge is 2.34. The predicted molar refractivity (Wildman–Crippen MR) is 106 cm³/mol. The highest BCUT2D eigenvalue weighted by molar-refractivity contribution is 9.09. The van der Waals surface area contributed by atoms with Crippen molar-refractivity contribution < 1.29 is 27.1 Å². The number of hydrogen-bond donors (Lipinski definition) is 0. The SMILES string of the molecule is O=C(CBr)c1ccc(COc2ccc(-c3ccccc3F)c(C(F)(F)F)c2)cc1. The van der Waals surface area contributed by atoms with E-state index in [-0.39, 0.29) is 34.6 Å². The van der Waals surface area contributed by atoms with Gasteiger partial charge in [-0.15, -0.1) is 0 Å². The van der Waals surface area contributed by atoms with Crippen LogP contribution >= 0.6 is 15.9 Å². The van der Waals surface area contributed by atoms with E-state index in [0.717, 1.165) is 12.1 Å². The number of alkyl halides is 4. The lowest BCUT2D eigenvalue weighted by Crippen LogP contribution is -2.08. The molecule has 7 heteroatoms. The number of benzene rings is 3. The summed E-state index contributed by atoms with van der Waals surface area (Å²) in [6.45, 7) is 0.0269. The van der Waals surface area contributed by atoms with Gasteiger partial charge in [0.2, 0.25) is 0 Å². The zero-order valence-electron chi connectivity index (χ0n) is 15.0. The number of carbonyl (C=O) groups excluding carboxylic acids is 1. The summed E-state index contributed by atoms with van der Waals surface area (Å²) in [6.07, 6.45) is -4.67. The Kier molecular flexibility index (Phi) is 6.37. The molecule has 0 aliphatic heterocycles. The van der Waals surface area contributed by atoms with E-state index in [2.05, 4.69) is 15.9 Å². The maximum absolute atomic E-state index is 14.0. The van der Waals surface area contributed by atoms with Gasteiger partial charge in [0.25, 0.3) is 0 Å². The van der Waals surface area contributed by atoms with Crippen molar-refractivity contribution in [3.8, 4) is 16.9 Å². The quantitative estimate of drug-likeness (QED) is 0.230. The number of ether oxygens (including phenoxy) is 1. The van der Waals surface area contributed by atoms with Crippen LogP contribution in [0, 0.1) is 5.82 Å². The molecule has 0 unspecified atom stereocenters. The van der Waals surface area contributed by atoms with Gasteiger partial charge in [0.1, 0.15) is 18.2 Å². The molecule has 0 saturated heterocycles. The second-order valence-electron chi connectivity index (χ2n) is 6.23. The Hall–Kier alpha value is -2.67. The first-order chi connectivity index (χ1) is 13.8. The lowest BCUT2D eigenvalue weighted by Gasteiger charge is -2.16. The van der Waals surface area contributed by atoms with Crippen LogP contribution in [-0.2, 0) is 12.8 Å². The number of halogens is 5. The van der Waals surface area contributed by atoms with Crippen molar-refractivity contribution in [2.75, 3.05) is 5.33 Å². The van der Waals surface area contributed by atoms with E-state index in [1.807, 2.05) is 0 Å². The van der Waals surface area contributed by atoms with Crippen LogP contribution in [0.1, 0.15) is 21.5 Å². The number of Topliss-reactive ketones (excluding diaryl/α,β-unsaturated/α-hetero) is 1. The van der Waals surface area contributed by atoms with Crippen molar-refractivity contribution in [1.82, 2.24) is 0 Å². The molecule has 0 aliphatic carbocycles. The number of rotatable bonds is 6. The molecule has 29 heavy (non-hydrogen) atoms. The van der Waals surface area contributed by atoms with Crippen molar-refractivity contribution in [1.29, 1.82) is 0 Å². The van der Waals surface area contributed by atoms with Crippen molar-refractivity contribution in [3.05, 3.63) is 89.2 Å². The number of hydrogen-bond acceptors (Lipinski definition) is 2. The predicted octanol–water partition coefficient (Wildman–Crippen LogP) is 6.67. The first-order valence-electron chi connectivity index (χ1n) is 8.56. The maximum Gasteiger partial charge on any atom is 0.417 e. The first kappa shape index (κ1) is 21.0. The minimum atomic E-state index is -4.67. The van der Waals surface area contributed by atoms with E-state index in [4.69, 9.17) is 4.74 Å². The van der Waals surface area contributed by atoms with E-state index in [9.17, 15) is 22.4 Å². The van der Waals surface area contributed by atoms with Crippen molar-refractivity contribution in [3.63, 3.8) is 0 Å². The number of ketones is 1. The van der Waals surface area contributed by atoms with Crippen LogP contribution in [0.5, 0.6) is 5.75 Å². The van der Waals surface area contributed by atoms with Crippen molar-refractivity contribution in [2.24, 2.45) is 0 Å². The van der Waals surface area contributed by atoms with Crippen molar-refractivity contribution >= 4 is 21.7 Å². The van der Waals surface area contributed by atoms with E-state index in [1.54, 1.807) is 24.3 Å². The van der Waals surface area contributed by atoms with Crippen LogP contribution in [-0.4, -0.2) is 11.1 Å². The Morgan fingerprint density at radius 3 is 2.24 bits per heavy atom. The Balaban J connectivity index is 1.84. The van der Waals surface area contributed by atoms with Gasteiger partial charge in [0.15, 0.2) is 5.78 Å². The molecule has 0 bridgehead atoms. The van der Waals surface area contributed by atoms with Crippen LogP contribution in [0.3, 0.4) is 0 Å². The van der Waals surface area contributed by atoms with Gasteiger partial charge in [-0.3, -0.25) is 4.79 Å². The molecule has 0 aromatic heterocycles. The summed E-state index contributed by atoms with van der Waals surface area (Å²) in [5.74, 6) is -0.793. The molecule has 0 fully saturated rings. The molecule has 0 atom stereocenters. The molecule has 3 aromatic carbocycles. The highest BCUT2D eigenvalue weighted by atomic mass is 79.9. The molecule has 3 rings (SSSR count). The van der Waals surface area contributed by atoms with Crippen LogP contribution in [0.4, 0.5) is 17.6 Å². The fourth-order valence-corrected chi connectivity index (χ4v) is 3.12. The second kappa shape index (κ2) is 8.78. The van der Waals surface area contributed by atoms with E-state index < -0.39 is 17.6 Å². The summed E-state index contributed by atoms with van der Waals surface area (Å²) in [7, 11) is 0. The van der Waals surface area contributed by atoms with E-state index in [0.29, 0.717) is 11.1 Å². The van der Waals surface area contributed by atoms with Gasteiger partial charge in [0, 0.05) is 11.1 Å². The molecule has 0 spiro atoms. The fraction of sp³-hybridized carbons (Fsp3) is 0.136. The molecule has 0 N–H and O–H groups in total. The molecule has 2 nitrogen and oxygen atoms in total. The standard InChI is InChI=1S/C22H15BrF4O2/c23-12-21(28)15-7-5-14(6-8-15)13-29-16-9-10-17(19(11-16)22(25,26)27)18-3-1-2-4-20(18)24/h1-11H,12-13H2. The van der Waals surface area contributed by atoms with E-state index >= 15 is 0 Å². The average molecular weight is 467 g/mol. The molecule has 0 aliphatic rings.